The standard InChI is InChI=1S/C19H35N7O.HI/c1-15(2)24-13-8-16(9-14-24)22-18(20-3)21-10-6-12-26-19(27)25-11-5-4-7-17(25)23-26;/h15-16H,4-14H2,1-3H3,(H2,20,21,22);1H. The van der Waals surface area contributed by atoms with E-state index in [1.54, 1.807) is 4.68 Å². The van der Waals surface area contributed by atoms with Crippen LogP contribution in [-0.2, 0) is 19.5 Å². The minimum absolute atomic E-state index is 0. The molecule has 0 aliphatic carbocycles. The van der Waals surface area contributed by atoms with Gasteiger partial charge in [0.2, 0.25) is 0 Å². The molecule has 1 aromatic heterocycles. The summed E-state index contributed by atoms with van der Waals surface area (Å²) in [4.78, 5) is 19.2. The molecule has 0 atom stereocenters. The summed E-state index contributed by atoms with van der Waals surface area (Å²) in [6.07, 6.45) is 6.28. The predicted octanol–water partition coefficient (Wildman–Crippen LogP) is 1.43. The number of nitrogens with zero attached hydrogens (tertiary/aromatic N) is 5. The molecule has 0 spiro atoms. The van der Waals surface area contributed by atoms with E-state index in [1.807, 2.05) is 11.6 Å². The zero-order chi connectivity index (χ0) is 19.2. The Hall–Kier alpha value is -1.10. The molecule has 2 aliphatic rings. The highest BCUT2D eigenvalue weighted by Gasteiger charge is 2.21. The summed E-state index contributed by atoms with van der Waals surface area (Å²) in [5.74, 6) is 1.80. The van der Waals surface area contributed by atoms with Crippen molar-refractivity contribution in [3.8, 4) is 0 Å². The fourth-order valence-electron chi connectivity index (χ4n) is 3.98. The van der Waals surface area contributed by atoms with Gasteiger partial charge in [0.1, 0.15) is 5.82 Å². The van der Waals surface area contributed by atoms with Crippen LogP contribution in [0.2, 0.25) is 0 Å². The van der Waals surface area contributed by atoms with Crippen molar-refractivity contribution in [2.45, 2.75) is 77.5 Å². The molecule has 1 fully saturated rings. The number of guanidine groups is 1. The Balaban J connectivity index is 0.00000280. The van der Waals surface area contributed by atoms with Crippen LogP contribution in [-0.4, -0.2) is 64.0 Å². The number of fused-ring (bicyclic) bond motifs is 1. The largest absolute Gasteiger partial charge is 0.356 e. The van der Waals surface area contributed by atoms with Gasteiger partial charge in [-0.15, -0.1) is 24.0 Å². The molecule has 2 N–H and O–H groups in total. The number of halogens is 1. The lowest BCUT2D eigenvalue weighted by molar-refractivity contribution is 0.167. The Bertz CT molecular complexity index is 689. The number of aromatic nitrogens is 3. The summed E-state index contributed by atoms with van der Waals surface area (Å²) in [6.45, 7) is 9.04. The van der Waals surface area contributed by atoms with Crippen molar-refractivity contribution < 1.29 is 0 Å². The van der Waals surface area contributed by atoms with Gasteiger partial charge < -0.3 is 15.5 Å². The van der Waals surface area contributed by atoms with Crippen LogP contribution in [0.4, 0.5) is 0 Å². The molecule has 28 heavy (non-hydrogen) atoms. The number of nitrogens with one attached hydrogen (secondary N) is 2. The lowest BCUT2D eigenvalue weighted by atomic mass is 10.0. The number of hydrogen-bond acceptors (Lipinski definition) is 4. The first kappa shape index (κ1) is 23.2. The zero-order valence-electron chi connectivity index (χ0n) is 17.5. The molecule has 3 heterocycles. The highest BCUT2D eigenvalue weighted by atomic mass is 127. The van der Waals surface area contributed by atoms with Crippen molar-refractivity contribution in [1.82, 2.24) is 29.9 Å². The van der Waals surface area contributed by atoms with Gasteiger partial charge in [0.25, 0.3) is 0 Å². The molecular weight excluding hydrogens is 469 g/mol. The molecule has 0 unspecified atom stereocenters. The van der Waals surface area contributed by atoms with Crippen molar-refractivity contribution in [2.24, 2.45) is 4.99 Å². The number of aliphatic imine (C=N–C) groups is 1. The van der Waals surface area contributed by atoms with E-state index in [9.17, 15) is 4.79 Å². The first-order chi connectivity index (χ1) is 13.1. The Labute approximate surface area is 185 Å². The molecule has 0 amide bonds. The maximum atomic E-state index is 12.3. The molecule has 8 nitrogen and oxygen atoms in total. The van der Waals surface area contributed by atoms with Gasteiger partial charge in [-0.25, -0.2) is 9.48 Å². The molecule has 2 aliphatic heterocycles. The van der Waals surface area contributed by atoms with Crippen LogP contribution in [0.5, 0.6) is 0 Å². The Morgan fingerprint density at radius 3 is 2.64 bits per heavy atom. The summed E-state index contributed by atoms with van der Waals surface area (Å²) in [5, 5.41) is 11.4. The molecule has 0 bridgehead atoms. The smallest absolute Gasteiger partial charge is 0.345 e. The van der Waals surface area contributed by atoms with E-state index in [1.165, 1.54) is 0 Å². The summed E-state index contributed by atoms with van der Waals surface area (Å²) in [6, 6.07) is 1.11. The second-order valence-corrected chi connectivity index (χ2v) is 7.93. The van der Waals surface area contributed by atoms with Gasteiger partial charge in [-0.1, -0.05) is 0 Å². The molecule has 160 valence electrons. The summed E-state index contributed by atoms with van der Waals surface area (Å²) in [5.41, 5.74) is 0.0455. The third-order valence-electron chi connectivity index (χ3n) is 5.69. The van der Waals surface area contributed by atoms with Crippen molar-refractivity contribution >= 4 is 29.9 Å². The highest BCUT2D eigenvalue weighted by Crippen LogP contribution is 2.13. The maximum Gasteiger partial charge on any atom is 0.345 e. The van der Waals surface area contributed by atoms with E-state index in [4.69, 9.17) is 0 Å². The summed E-state index contributed by atoms with van der Waals surface area (Å²) in [7, 11) is 1.81. The van der Waals surface area contributed by atoms with Crippen LogP contribution in [0.1, 0.15) is 51.8 Å². The average Bonchev–Trinajstić information content (AvgIpc) is 3.00. The van der Waals surface area contributed by atoms with Crippen molar-refractivity contribution in [2.75, 3.05) is 26.7 Å². The molecule has 0 radical (unpaired) electrons. The molecule has 0 saturated carbocycles. The van der Waals surface area contributed by atoms with Gasteiger partial charge in [0.05, 0.1) is 0 Å². The average molecular weight is 505 g/mol. The van der Waals surface area contributed by atoms with Crippen LogP contribution in [0.3, 0.4) is 0 Å². The fraction of sp³-hybridized carbons (Fsp3) is 0.842. The van der Waals surface area contributed by atoms with E-state index in [-0.39, 0.29) is 29.7 Å². The number of aryl methyl sites for hydroxylation is 2. The normalized spacial score (nSPS) is 18.6. The van der Waals surface area contributed by atoms with Gasteiger partial charge in [-0.3, -0.25) is 9.56 Å². The Kier molecular flexibility index (Phi) is 9.26. The number of piperidine rings is 1. The number of rotatable bonds is 6. The van der Waals surface area contributed by atoms with E-state index in [2.05, 4.69) is 39.5 Å². The number of likely N-dealkylation sites (tertiary alicyclic amines) is 1. The Morgan fingerprint density at radius 2 is 2.00 bits per heavy atom. The third kappa shape index (κ3) is 5.95. The molecule has 1 aromatic rings. The number of hydrogen-bond donors (Lipinski definition) is 2. The van der Waals surface area contributed by atoms with E-state index < -0.39 is 0 Å². The van der Waals surface area contributed by atoms with Gasteiger partial charge in [-0.2, -0.15) is 5.10 Å². The van der Waals surface area contributed by atoms with Crippen molar-refractivity contribution in [1.29, 1.82) is 0 Å². The van der Waals surface area contributed by atoms with Crippen LogP contribution < -0.4 is 16.3 Å². The minimum atomic E-state index is 0. The minimum Gasteiger partial charge on any atom is -0.356 e. The molecule has 9 heteroatoms. The van der Waals surface area contributed by atoms with E-state index in [0.29, 0.717) is 18.6 Å². The SMILES string of the molecule is CN=C(NCCCn1nc2n(c1=O)CCCC2)NC1CCN(C(C)C)CC1.I. The zero-order valence-corrected chi connectivity index (χ0v) is 19.8. The van der Waals surface area contributed by atoms with E-state index in [0.717, 1.165) is 76.5 Å². The summed E-state index contributed by atoms with van der Waals surface area (Å²) < 4.78 is 3.46. The Morgan fingerprint density at radius 1 is 1.25 bits per heavy atom. The quantitative estimate of drug-likeness (QED) is 0.265. The van der Waals surface area contributed by atoms with Crippen LogP contribution in [0.15, 0.2) is 9.79 Å². The lowest BCUT2D eigenvalue weighted by Gasteiger charge is -2.35. The second-order valence-electron chi connectivity index (χ2n) is 7.93. The first-order valence-corrected chi connectivity index (χ1v) is 10.5. The predicted molar refractivity (Wildman–Crippen MR) is 124 cm³/mol. The molecular formula is C19H36IN7O. The molecule has 3 rings (SSSR count). The van der Waals surface area contributed by atoms with Gasteiger partial charge in [0, 0.05) is 58.3 Å². The topological polar surface area (TPSA) is 79.5 Å². The van der Waals surface area contributed by atoms with Crippen molar-refractivity contribution in [3.63, 3.8) is 0 Å². The molecule has 1 saturated heterocycles. The van der Waals surface area contributed by atoms with Crippen LogP contribution in [0, 0.1) is 0 Å². The van der Waals surface area contributed by atoms with Crippen LogP contribution in [0.25, 0.3) is 0 Å². The van der Waals surface area contributed by atoms with Gasteiger partial charge in [-0.05, 0) is 46.0 Å². The maximum absolute atomic E-state index is 12.3. The highest BCUT2D eigenvalue weighted by molar-refractivity contribution is 14.0. The fourth-order valence-corrected chi connectivity index (χ4v) is 3.98. The van der Waals surface area contributed by atoms with Crippen molar-refractivity contribution in [3.05, 3.63) is 16.3 Å². The summed E-state index contributed by atoms with van der Waals surface area (Å²) >= 11 is 0. The van der Waals surface area contributed by atoms with E-state index >= 15 is 0 Å². The third-order valence-corrected chi connectivity index (χ3v) is 5.69. The van der Waals surface area contributed by atoms with Gasteiger partial charge in [0.15, 0.2) is 5.96 Å². The lowest BCUT2D eigenvalue weighted by Crippen LogP contribution is -2.50. The second kappa shape index (κ2) is 11.2. The van der Waals surface area contributed by atoms with Gasteiger partial charge >= 0.3 is 5.69 Å². The monoisotopic (exact) mass is 505 g/mol. The molecule has 0 aromatic carbocycles. The van der Waals surface area contributed by atoms with Crippen LogP contribution >= 0.6 is 24.0 Å². The first-order valence-electron chi connectivity index (χ1n) is 10.5.